The molecule has 0 aliphatic carbocycles. The van der Waals surface area contributed by atoms with Crippen LogP contribution in [0.4, 0.5) is 10.1 Å². The molecule has 0 radical (unpaired) electrons. The average molecular weight is 407 g/mol. The molecule has 3 rings (SSSR count). The zero-order chi connectivity index (χ0) is 17.8. The van der Waals surface area contributed by atoms with Crippen molar-refractivity contribution in [3.8, 4) is 5.75 Å². The number of benzene rings is 2. The maximum Gasteiger partial charge on any atom is 0.263 e. The molecule has 4 nitrogen and oxygen atoms in total. The summed E-state index contributed by atoms with van der Waals surface area (Å²) in [4.78, 5) is 16.6. The van der Waals surface area contributed by atoms with E-state index >= 15 is 0 Å². The molecule has 25 heavy (non-hydrogen) atoms. The highest BCUT2D eigenvalue weighted by Gasteiger charge is 2.26. The van der Waals surface area contributed by atoms with E-state index in [-0.39, 0.29) is 11.7 Å². The fourth-order valence-corrected chi connectivity index (χ4v) is 3.13. The van der Waals surface area contributed by atoms with Crippen molar-refractivity contribution in [2.24, 2.45) is 0 Å². The van der Waals surface area contributed by atoms with Crippen LogP contribution < -0.4 is 9.64 Å². The third kappa shape index (κ3) is 4.51. The molecular weight excluding hydrogens is 387 g/mol. The topological polar surface area (TPSA) is 32.8 Å². The van der Waals surface area contributed by atoms with Gasteiger partial charge in [0.05, 0.1) is 0 Å². The minimum absolute atomic E-state index is 0.0123. The van der Waals surface area contributed by atoms with Gasteiger partial charge in [-0.2, -0.15) is 0 Å². The molecule has 0 bridgehead atoms. The second-order valence-corrected chi connectivity index (χ2v) is 6.92. The molecular formula is C19H20BrFN2O2. The number of hydrogen-bond acceptors (Lipinski definition) is 3. The first-order valence-corrected chi connectivity index (χ1v) is 9.04. The van der Waals surface area contributed by atoms with Crippen molar-refractivity contribution < 1.29 is 13.9 Å². The van der Waals surface area contributed by atoms with Crippen LogP contribution in [0.2, 0.25) is 0 Å². The second kappa shape index (κ2) is 7.87. The fraction of sp³-hybridized carbons (Fsp3) is 0.316. The van der Waals surface area contributed by atoms with Crippen LogP contribution in [0.1, 0.15) is 6.92 Å². The monoisotopic (exact) mass is 406 g/mol. The predicted octanol–water partition coefficient (Wildman–Crippen LogP) is 3.70. The average Bonchev–Trinajstić information content (AvgIpc) is 2.64. The van der Waals surface area contributed by atoms with Crippen LogP contribution in [0, 0.1) is 5.82 Å². The van der Waals surface area contributed by atoms with Crippen LogP contribution >= 0.6 is 15.9 Å². The molecule has 2 aromatic carbocycles. The number of ether oxygens (including phenoxy) is 1. The first-order chi connectivity index (χ1) is 12.0. The highest BCUT2D eigenvalue weighted by molar-refractivity contribution is 9.10. The van der Waals surface area contributed by atoms with Crippen LogP contribution in [0.25, 0.3) is 0 Å². The Labute approximate surface area is 155 Å². The van der Waals surface area contributed by atoms with Gasteiger partial charge in [0.15, 0.2) is 6.10 Å². The number of amides is 1. The molecule has 1 atom stereocenters. The van der Waals surface area contributed by atoms with E-state index in [4.69, 9.17) is 4.74 Å². The molecule has 1 aliphatic heterocycles. The van der Waals surface area contributed by atoms with Crippen molar-refractivity contribution in [1.29, 1.82) is 0 Å². The van der Waals surface area contributed by atoms with Crippen molar-refractivity contribution in [2.75, 3.05) is 31.1 Å². The highest BCUT2D eigenvalue weighted by atomic mass is 79.9. The summed E-state index contributed by atoms with van der Waals surface area (Å²) in [5.74, 6) is 0.423. The van der Waals surface area contributed by atoms with Gasteiger partial charge in [0.25, 0.3) is 5.91 Å². The van der Waals surface area contributed by atoms with Gasteiger partial charge in [0.1, 0.15) is 11.6 Å². The molecule has 6 heteroatoms. The number of carbonyl (C=O) groups is 1. The van der Waals surface area contributed by atoms with Gasteiger partial charge in [0.2, 0.25) is 0 Å². The summed E-state index contributed by atoms with van der Waals surface area (Å²) >= 11 is 3.38. The molecule has 1 fully saturated rings. The smallest absolute Gasteiger partial charge is 0.263 e. The van der Waals surface area contributed by atoms with E-state index in [1.807, 2.05) is 29.2 Å². The number of piperazine rings is 1. The van der Waals surface area contributed by atoms with Crippen molar-refractivity contribution in [3.63, 3.8) is 0 Å². The van der Waals surface area contributed by atoms with Crippen LogP contribution in [0.15, 0.2) is 53.0 Å². The highest BCUT2D eigenvalue weighted by Crippen LogP contribution is 2.20. The molecule has 1 aliphatic rings. The maximum atomic E-state index is 13.0. The Bertz CT molecular complexity index is 713. The van der Waals surface area contributed by atoms with Gasteiger partial charge in [-0.3, -0.25) is 4.79 Å². The van der Waals surface area contributed by atoms with Crippen molar-refractivity contribution in [3.05, 3.63) is 58.8 Å². The van der Waals surface area contributed by atoms with E-state index in [2.05, 4.69) is 20.8 Å². The van der Waals surface area contributed by atoms with Gasteiger partial charge < -0.3 is 14.5 Å². The fourth-order valence-electron chi connectivity index (χ4n) is 2.86. The van der Waals surface area contributed by atoms with Gasteiger partial charge in [-0.05, 0) is 55.5 Å². The number of hydrogen-bond donors (Lipinski definition) is 0. The molecule has 0 saturated carbocycles. The Morgan fingerprint density at radius 3 is 2.24 bits per heavy atom. The van der Waals surface area contributed by atoms with E-state index in [0.717, 1.165) is 23.2 Å². The van der Waals surface area contributed by atoms with Crippen molar-refractivity contribution in [1.82, 2.24) is 4.90 Å². The van der Waals surface area contributed by atoms with Crippen molar-refractivity contribution >= 4 is 27.5 Å². The molecule has 2 aromatic rings. The number of nitrogens with zero attached hydrogens (tertiary/aromatic N) is 2. The Kier molecular flexibility index (Phi) is 5.58. The first-order valence-electron chi connectivity index (χ1n) is 8.24. The summed E-state index contributed by atoms with van der Waals surface area (Å²) in [5, 5.41) is 0. The lowest BCUT2D eigenvalue weighted by Crippen LogP contribution is -2.52. The van der Waals surface area contributed by atoms with Crippen LogP contribution in [-0.4, -0.2) is 43.1 Å². The van der Waals surface area contributed by atoms with Gasteiger partial charge in [-0.25, -0.2) is 4.39 Å². The van der Waals surface area contributed by atoms with Gasteiger partial charge in [-0.1, -0.05) is 15.9 Å². The van der Waals surface area contributed by atoms with Crippen LogP contribution in [0.3, 0.4) is 0 Å². The van der Waals surface area contributed by atoms with Crippen molar-refractivity contribution in [2.45, 2.75) is 13.0 Å². The SMILES string of the molecule is C[C@H](Oc1ccc(Br)cc1)C(=O)N1CCN(c2ccc(F)cc2)CC1. The van der Waals surface area contributed by atoms with E-state index < -0.39 is 6.10 Å². The molecule has 0 N–H and O–H groups in total. The largest absolute Gasteiger partial charge is 0.481 e. The second-order valence-electron chi connectivity index (χ2n) is 6.00. The Morgan fingerprint density at radius 2 is 1.64 bits per heavy atom. The summed E-state index contributed by atoms with van der Waals surface area (Å²) in [5.41, 5.74) is 0.979. The minimum Gasteiger partial charge on any atom is -0.481 e. The summed E-state index contributed by atoms with van der Waals surface area (Å²) in [7, 11) is 0. The number of halogens is 2. The van der Waals surface area contributed by atoms with Gasteiger partial charge in [0, 0.05) is 36.3 Å². The lowest BCUT2D eigenvalue weighted by atomic mass is 10.2. The first kappa shape index (κ1) is 17.7. The Hall–Kier alpha value is -2.08. The molecule has 132 valence electrons. The zero-order valence-electron chi connectivity index (χ0n) is 14.0. The van der Waals surface area contributed by atoms with Crippen LogP contribution in [-0.2, 0) is 4.79 Å². The summed E-state index contributed by atoms with van der Waals surface area (Å²) in [6.45, 7) is 4.48. The molecule has 1 heterocycles. The number of anilines is 1. The molecule has 0 aromatic heterocycles. The normalized spacial score (nSPS) is 15.8. The number of carbonyl (C=O) groups excluding carboxylic acids is 1. The lowest BCUT2D eigenvalue weighted by Gasteiger charge is -2.37. The molecule has 1 saturated heterocycles. The Balaban J connectivity index is 1.53. The van der Waals surface area contributed by atoms with E-state index in [1.54, 1.807) is 19.1 Å². The zero-order valence-corrected chi connectivity index (χ0v) is 15.6. The van der Waals surface area contributed by atoms with E-state index in [0.29, 0.717) is 18.8 Å². The van der Waals surface area contributed by atoms with Crippen LogP contribution in [0.5, 0.6) is 5.75 Å². The molecule has 1 amide bonds. The third-order valence-electron chi connectivity index (χ3n) is 4.26. The molecule has 0 unspecified atom stereocenters. The minimum atomic E-state index is -0.529. The molecule has 0 spiro atoms. The van der Waals surface area contributed by atoms with Gasteiger partial charge >= 0.3 is 0 Å². The predicted molar refractivity (Wildman–Crippen MR) is 99.4 cm³/mol. The maximum absolute atomic E-state index is 13.0. The number of rotatable bonds is 4. The third-order valence-corrected chi connectivity index (χ3v) is 4.79. The standard InChI is InChI=1S/C19H20BrFN2O2/c1-14(25-18-8-2-15(20)3-9-18)19(24)23-12-10-22(11-13-23)17-6-4-16(21)5-7-17/h2-9,14H,10-13H2,1H3/t14-/m0/s1. The quantitative estimate of drug-likeness (QED) is 0.775. The lowest BCUT2D eigenvalue weighted by molar-refractivity contribution is -0.138. The van der Waals surface area contributed by atoms with E-state index in [1.165, 1.54) is 12.1 Å². The van der Waals surface area contributed by atoms with Gasteiger partial charge in [-0.15, -0.1) is 0 Å². The Morgan fingerprint density at radius 1 is 1.04 bits per heavy atom. The summed E-state index contributed by atoms with van der Waals surface area (Å²) in [6.07, 6.45) is -0.529. The van der Waals surface area contributed by atoms with E-state index in [9.17, 15) is 9.18 Å². The summed E-state index contributed by atoms with van der Waals surface area (Å²) in [6, 6.07) is 13.9. The summed E-state index contributed by atoms with van der Waals surface area (Å²) < 4.78 is 19.7.